The van der Waals surface area contributed by atoms with Gasteiger partial charge in [-0.15, -0.1) is 0 Å². The third-order valence-corrected chi connectivity index (χ3v) is 6.29. The van der Waals surface area contributed by atoms with Gasteiger partial charge >= 0.3 is 0 Å². The molecule has 0 fully saturated rings. The minimum atomic E-state index is -2.19. The van der Waals surface area contributed by atoms with Crippen LogP contribution in [0.3, 0.4) is 0 Å². The van der Waals surface area contributed by atoms with Gasteiger partial charge in [-0.05, 0) is 45.1 Å². The van der Waals surface area contributed by atoms with Crippen LogP contribution in [0, 0.1) is 0 Å². The van der Waals surface area contributed by atoms with Gasteiger partial charge in [0.2, 0.25) is 4.58 Å². The molecule has 162 valence electrons. The third kappa shape index (κ3) is 5.76. The third-order valence-electron chi connectivity index (χ3n) is 5.13. The molecule has 0 aliphatic heterocycles. The molecule has 0 heterocycles. The summed E-state index contributed by atoms with van der Waals surface area (Å²) in [6, 6.07) is 13.5. The van der Waals surface area contributed by atoms with E-state index in [0.717, 1.165) is 10.8 Å². The Morgan fingerprint density at radius 1 is 1.03 bits per heavy atom. The van der Waals surface area contributed by atoms with Crippen LogP contribution >= 0.6 is 15.9 Å². The van der Waals surface area contributed by atoms with E-state index in [0.29, 0.717) is 44.5 Å². The van der Waals surface area contributed by atoms with Crippen molar-refractivity contribution in [3.63, 3.8) is 0 Å². The molecular weight excluding hydrogens is 439 g/mol. The Labute approximate surface area is 181 Å². The van der Waals surface area contributed by atoms with Crippen molar-refractivity contribution in [2.75, 3.05) is 27.1 Å². The monoisotopic (exact) mass is 470 g/mol. The molecule has 0 amide bonds. The summed E-state index contributed by atoms with van der Waals surface area (Å²) >= 11 is 3.26. The number of halogens is 2. The molecule has 0 bridgehead atoms. The molecule has 0 saturated heterocycles. The van der Waals surface area contributed by atoms with E-state index >= 15 is 4.39 Å². The van der Waals surface area contributed by atoms with Gasteiger partial charge in [0.25, 0.3) is 0 Å². The Morgan fingerprint density at radius 2 is 1.69 bits per heavy atom. The molecule has 0 radical (unpaired) electrons. The number of rotatable bonds is 13. The summed E-state index contributed by atoms with van der Waals surface area (Å²) in [4.78, 5) is 0. The van der Waals surface area contributed by atoms with Crippen molar-refractivity contribution in [3.8, 4) is 0 Å². The van der Waals surface area contributed by atoms with Crippen molar-refractivity contribution in [1.29, 1.82) is 0 Å². The predicted octanol–water partition coefficient (Wildman–Crippen LogP) is 5.91. The van der Waals surface area contributed by atoms with Crippen LogP contribution in [0.15, 0.2) is 42.5 Å². The molecule has 0 aliphatic carbocycles. The molecule has 0 aromatic heterocycles. The van der Waals surface area contributed by atoms with Crippen molar-refractivity contribution >= 4 is 26.7 Å². The number of methoxy groups -OCH3 is 1. The lowest BCUT2D eigenvalue weighted by atomic mass is 9.82. The van der Waals surface area contributed by atoms with Crippen molar-refractivity contribution in [3.05, 3.63) is 48.0 Å². The Morgan fingerprint density at radius 3 is 2.34 bits per heavy atom. The van der Waals surface area contributed by atoms with Gasteiger partial charge in [-0.25, -0.2) is 4.39 Å². The fourth-order valence-electron chi connectivity index (χ4n) is 3.72. The fraction of sp³-hybridized carbons (Fsp3) is 0.565. The first-order valence-corrected chi connectivity index (χ1v) is 11.0. The number of hydrogen-bond acceptors (Lipinski definition) is 4. The van der Waals surface area contributed by atoms with Gasteiger partial charge in [0.1, 0.15) is 18.5 Å². The van der Waals surface area contributed by atoms with Crippen LogP contribution in [0.5, 0.6) is 0 Å². The lowest BCUT2D eigenvalue weighted by Crippen LogP contribution is -2.51. The van der Waals surface area contributed by atoms with Gasteiger partial charge in [-0.3, -0.25) is 0 Å². The summed E-state index contributed by atoms with van der Waals surface area (Å²) in [7, 11) is 1.59. The largest absolute Gasteiger partial charge is 0.385 e. The van der Waals surface area contributed by atoms with E-state index in [1.165, 1.54) is 0 Å². The molecule has 0 unspecified atom stereocenters. The molecule has 29 heavy (non-hydrogen) atoms. The van der Waals surface area contributed by atoms with Crippen molar-refractivity contribution < 1.29 is 23.7 Å². The molecule has 6 heteroatoms. The fourth-order valence-corrected chi connectivity index (χ4v) is 4.49. The molecular formula is C23H32BrFO4. The first kappa shape index (κ1) is 24.2. The summed E-state index contributed by atoms with van der Waals surface area (Å²) in [6.07, 6.45) is 0.884. The van der Waals surface area contributed by atoms with E-state index in [9.17, 15) is 5.11 Å². The molecule has 4 nitrogen and oxygen atoms in total. The minimum Gasteiger partial charge on any atom is -0.385 e. The second-order valence-electron chi connectivity index (χ2n) is 7.29. The summed E-state index contributed by atoms with van der Waals surface area (Å²) in [5.41, 5.74) is -0.909. The standard InChI is InChI=1S/C23H32BrFO4/c1-4-13-22(26,14-5-2)23(24,25)21(29-17-28-16-15-27-3)20-12-8-10-18-9-6-7-11-19(18)20/h6-12,21,26H,4-5,13-17H2,1-3H3/t21-,23-/m0/s1. The zero-order valence-electron chi connectivity index (χ0n) is 17.5. The SMILES string of the molecule is CCCC(O)(CCC)[C@](F)(Br)[C@@H](OCOCCOC)c1cccc2ccccc12. The Hall–Kier alpha value is -1.05. The molecule has 1 N–H and O–H groups in total. The van der Waals surface area contributed by atoms with Crippen LogP contribution in [0.4, 0.5) is 4.39 Å². The first-order valence-electron chi connectivity index (χ1n) is 10.2. The van der Waals surface area contributed by atoms with Gasteiger partial charge in [0.15, 0.2) is 0 Å². The van der Waals surface area contributed by atoms with Crippen LogP contribution in [-0.4, -0.2) is 42.4 Å². The molecule has 0 aliphatic rings. The van der Waals surface area contributed by atoms with Crippen molar-refractivity contribution in [2.45, 2.75) is 55.8 Å². The van der Waals surface area contributed by atoms with Gasteiger partial charge in [-0.2, -0.15) is 0 Å². The van der Waals surface area contributed by atoms with Crippen LogP contribution < -0.4 is 0 Å². The zero-order valence-corrected chi connectivity index (χ0v) is 19.1. The lowest BCUT2D eigenvalue weighted by molar-refractivity contribution is -0.171. The maximum absolute atomic E-state index is 16.4. The summed E-state index contributed by atoms with van der Waals surface area (Å²) in [5.74, 6) is 0. The maximum Gasteiger partial charge on any atom is 0.223 e. The molecule has 2 rings (SSSR count). The van der Waals surface area contributed by atoms with Gasteiger partial charge in [0, 0.05) is 7.11 Å². The number of ether oxygens (including phenoxy) is 3. The highest BCUT2D eigenvalue weighted by Gasteiger charge is 2.55. The smallest absolute Gasteiger partial charge is 0.223 e. The highest BCUT2D eigenvalue weighted by molar-refractivity contribution is 9.10. The van der Waals surface area contributed by atoms with E-state index in [1.54, 1.807) is 7.11 Å². The Kier molecular flexibility index (Phi) is 9.50. The normalized spacial score (nSPS) is 15.4. The minimum absolute atomic E-state index is 0.108. The molecule has 2 aromatic rings. The van der Waals surface area contributed by atoms with Gasteiger partial charge in [-0.1, -0.05) is 69.2 Å². The van der Waals surface area contributed by atoms with Crippen LogP contribution in [0.25, 0.3) is 10.8 Å². The number of benzene rings is 2. The highest BCUT2D eigenvalue weighted by atomic mass is 79.9. The maximum atomic E-state index is 16.4. The van der Waals surface area contributed by atoms with E-state index < -0.39 is 16.3 Å². The van der Waals surface area contributed by atoms with Crippen molar-refractivity contribution in [2.24, 2.45) is 0 Å². The average Bonchev–Trinajstić information content (AvgIpc) is 2.70. The molecule has 0 saturated carbocycles. The predicted molar refractivity (Wildman–Crippen MR) is 118 cm³/mol. The van der Waals surface area contributed by atoms with E-state index in [-0.39, 0.29) is 6.79 Å². The first-order chi connectivity index (χ1) is 13.9. The Bertz CT molecular complexity index is 741. The number of hydrogen-bond donors (Lipinski definition) is 1. The summed E-state index contributed by atoms with van der Waals surface area (Å²) in [5, 5.41) is 13.2. The van der Waals surface area contributed by atoms with Gasteiger partial charge in [0.05, 0.1) is 13.2 Å². The van der Waals surface area contributed by atoms with Crippen molar-refractivity contribution in [1.82, 2.24) is 0 Å². The second kappa shape index (κ2) is 11.4. The lowest BCUT2D eigenvalue weighted by Gasteiger charge is -2.42. The average molecular weight is 471 g/mol. The van der Waals surface area contributed by atoms with Crippen LogP contribution in [-0.2, 0) is 14.2 Å². The molecule has 2 atom stereocenters. The Balaban J connectivity index is 2.45. The topological polar surface area (TPSA) is 47.9 Å². The number of aliphatic hydroxyl groups is 1. The second-order valence-corrected chi connectivity index (χ2v) is 8.44. The van der Waals surface area contributed by atoms with Gasteiger partial charge < -0.3 is 19.3 Å². The van der Waals surface area contributed by atoms with E-state index in [2.05, 4.69) is 15.9 Å². The zero-order chi connectivity index (χ0) is 21.3. The summed E-state index contributed by atoms with van der Waals surface area (Å²) < 4.78 is 30.6. The molecule has 0 spiro atoms. The quantitative estimate of drug-likeness (QED) is 0.224. The summed E-state index contributed by atoms with van der Waals surface area (Å²) in [6.45, 7) is 4.53. The van der Waals surface area contributed by atoms with E-state index in [1.807, 2.05) is 56.3 Å². The van der Waals surface area contributed by atoms with E-state index in [4.69, 9.17) is 14.2 Å². The van der Waals surface area contributed by atoms with Crippen LogP contribution in [0.1, 0.15) is 51.2 Å². The number of alkyl halides is 2. The highest BCUT2D eigenvalue weighted by Crippen LogP contribution is 2.50. The number of fused-ring (bicyclic) bond motifs is 1. The molecule has 2 aromatic carbocycles. The van der Waals surface area contributed by atoms with Crippen LogP contribution in [0.2, 0.25) is 0 Å².